The molecule has 0 aliphatic carbocycles. The summed E-state index contributed by atoms with van der Waals surface area (Å²) in [5.74, 6) is 0.545. The molecule has 9 heteroatoms. The minimum atomic E-state index is -0.498. The second-order valence-electron chi connectivity index (χ2n) is 6.02. The Morgan fingerprint density at radius 2 is 1.65 bits per heavy atom. The van der Waals surface area contributed by atoms with E-state index in [9.17, 15) is 4.79 Å². The first-order valence-electron chi connectivity index (χ1n) is 7.36. The molecule has 0 aromatic carbocycles. The number of nitrogens with zero attached hydrogens (tertiary/aromatic N) is 2. The van der Waals surface area contributed by atoms with Gasteiger partial charge < -0.3 is 16.2 Å². The number of esters is 1. The summed E-state index contributed by atoms with van der Waals surface area (Å²) in [5.41, 5.74) is 11.3. The normalized spacial score (nSPS) is 11.0. The summed E-state index contributed by atoms with van der Waals surface area (Å²) >= 11 is 8.69. The maximum Gasteiger partial charge on any atom is 0.331 e. The molecule has 0 fully saturated rings. The molecule has 2 aromatic rings. The van der Waals surface area contributed by atoms with Crippen LogP contribution >= 0.6 is 54.5 Å². The number of ether oxygens (including phenoxy) is 1. The van der Waals surface area contributed by atoms with Crippen molar-refractivity contribution in [2.45, 2.75) is 26.4 Å². The summed E-state index contributed by atoms with van der Waals surface area (Å²) in [5, 5.41) is 0. The van der Waals surface area contributed by atoms with Crippen LogP contribution in [0.15, 0.2) is 39.5 Å². The van der Waals surface area contributed by atoms with Crippen molar-refractivity contribution >= 4 is 78.1 Å². The van der Waals surface area contributed by atoms with Crippen molar-refractivity contribution in [2.24, 2.45) is 0 Å². The summed E-state index contributed by atoms with van der Waals surface area (Å²) in [6.07, 6.45) is 6.20. The number of aromatic nitrogens is 2. The van der Waals surface area contributed by atoms with Gasteiger partial charge in [-0.05, 0) is 93.4 Å². The van der Waals surface area contributed by atoms with Crippen LogP contribution in [0.1, 0.15) is 26.3 Å². The number of carbonyl (C=O) groups excluding carboxylic acids is 1. The van der Waals surface area contributed by atoms with Crippen LogP contribution in [0.5, 0.6) is 0 Å². The Morgan fingerprint density at radius 1 is 1.12 bits per heavy atom. The van der Waals surface area contributed by atoms with E-state index in [0.717, 1.165) is 12.5 Å². The fraction of sp³-hybridized carbons (Fsp3) is 0.235. The van der Waals surface area contributed by atoms with Crippen LogP contribution in [0.25, 0.3) is 6.08 Å². The minimum Gasteiger partial charge on any atom is -0.457 e. The quantitative estimate of drug-likeness (QED) is 0.292. The Labute approximate surface area is 183 Å². The highest BCUT2D eigenvalue weighted by atomic mass is 127. The Kier molecular flexibility index (Phi) is 8.97. The summed E-state index contributed by atoms with van der Waals surface area (Å²) in [6.45, 7) is 5.44. The number of hydrogen-bond acceptors (Lipinski definition) is 6. The number of nitrogens with two attached hydrogens (primary N) is 2. The van der Waals surface area contributed by atoms with E-state index in [0.29, 0.717) is 17.2 Å². The zero-order chi connectivity index (χ0) is 19.9. The highest BCUT2D eigenvalue weighted by Crippen LogP contribution is 2.17. The third-order valence-corrected chi connectivity index (χ3v) is 4.29. The predicted molar refractivity (Wildman–Crippen MR) is 120 cm³/mol. The molecule has 0 unspecified atom stereocenters. The molecule has 0 saturated carbocycles. The molecule has 140 valence electrons. The first-order valence-corrected chi connectivity index (χ1v) is 10.0. The maximum atomic E-state index is 11.4. The van der Waals surface area contributed by atoms with Crippen LogP contribution in [-0.4, -0.2) is 21.5 Å². The second-order valence-corrected chi connectivity index (χ2v) is 9.01. The lowest BCUT2D eigenvalue weighted by atomic mass is 10.2. The molecule has 0 aliphatic heterocycles. The summed E-state index contributed by atoms with van der Waals surface area (Å²) in [6, 6.07) is 3.70. The van der Waals surface area contributed by atoms with E-state index in [1.54, 1.807) is 24.5 Å². The van der Waals surface area contributed by atoms with Crippen molar-refractivity contribution in [1.29, 1.82) is 0 Å². The van der Waals surface area contributed by atoms with Crippen LogP contribution in [0.4, 0.5) is 11.6 Å². The van der Waals surface area contributed by atoms with Crippen LogP contribution in [0.3, 0.4) is 0 Å². The van der Waals surface area contributed by atoms with Crippen molar-refractivity contribution in [3.05, 3.63) is 48.7 Å². The van der Waals surface area contributed by atoms with Crippen LogP contribution in [-0.2, 0) is 9.53 Å². The molecule has 4 N–H and O–H groups in total. The lowest BCUT2D eigenvalue weighted by Crippen LogP contribution is -2.22. The predicted octanol–water partition coefficient (Wildman–Crippen LogP) is 4.81. The number of rotatable bonds is 2. The van der Waals surface area contributed by atoms with Crippen molar-refractivity contribution in [2.75, 3.05) is 11.5 Å². The number of carbonyl (C=O) groups is 1. The molecular weight excluding hydrogens is 579 g/mol. The number of anilines is 2. The van der Waals surface area contributed by atoms with E-state index in [2.05, 4.69) is 64.4 Å². The van der Waals surface area contributed by atoms with Gasteiger partial charge in [0, 0.05) is 33.0 Å². The molecule has 0 atom stereocenters. The van der Waals surface area contributed by atoms with Crippen LogP contribution < -0.4 is 11.5 Å². The molecule has 0 spiro atoms. The third-order valence-electron chi connectivity index (χ3n) is 2.56. The molecular formula is C17H19Br2IN4O2. The highest BCUT2D eigenvalue weighted by Gasteiger charge is 2.13. The summed E-state index contributed by atoms with van der Waals surface area (Å²) < 4.78 is 7.87. The van der Waals surface area contributed by atoms with Gasteiger partial charge in [-0.3, -0.25) is 0 Å². The van der Waals surface area contributed by atoms with E-state index in [4.69, 9.17) is 16.2 Å². The Hall–Kier alpha value is -1.20. The van der Waals surface area contributed by atoms with Crippen molar-refractivity contribution in [3.63, 3.8) is 0 Å². The first-order chi connectivity index (χ1) is 12.0. The van der Waals surface area contributed by atoms with Gasteiger partial charge in [-0.1, -0.05) is 0 Å². The molecule has 2 heterocycles. The minimum absolute atomic E-state index is 0.369. The van der Waals surface area contributed by atoms with Gasteiger partial charge in [0.25, 0.3) is 0 Å². The van der Waals surface area contributed by atoms with Gasteiger partial charge >= 0.3 is 5.97 Å². The Morgan fingerprint density at radius 3 is 2.15 bits per heavy atom. The van der Waals surface area contributed by atoms with Crippen LogP contribution in [0.2, 0.25) is 0 Å². The van der Waals surface area contributed by atoms with Crippen molar-refractivity contribution < 1.29 is 9.53 Å². The topological polar surface area (TPSA) is 104 Å². The van der Waals surface area contributed by atoms with Gasteiger partial charge in [0.05, 0.1) is 3.57 Å². The smallest absolute Gasteiger partial charge is 0.331 e. The highest BCUT2D eigenvalue weighted by molar-refractivity contribution is 14.1. The van der Waals surface area contributed by atoms with Crippen molar-refractivity contribution in [1.82, 2.24) is 9.97 Å². The molecule has 0 amide bonds. The van der Waals surface area contributed by atoms with Gasteiger partial charge in [-0.25, -0.2) is 14.8 Å². The van der Waals surface area contributed by atoms with Gasteiger partial charge in [-0.2, -0.15) is 0 Å². The van der Waals surface area contributed by atoms with Gasteiger partial charge in [0.15, 0.2) is 0 Å². The Balaban J connectivity index is 0.000000314. The molecule has 26 heavy (non-hydrogen) atoms. The number of nitrogen functional groups attached to an aromatic ring is 2. The van der Waals surface area contributed by atoms with Gasteiger partial charge in [0.1, 0.15) is 17.2 Å². The monoisotopic (exact) mass is 596 g/mol. The average molecular weight is 598 g/mol. The maximum absolute atomic E-state index is 11.4. The number of pyridine rings is 2. The van der Waals surface area contributed by atoms with Crippen LogP contribution in [0, 0.1) is 3.57 Å². The van der Waals surface area contributed by atoms with E-state index < -0.39 is 11.6 Å². The fourth-order valence-electron chi connectivity index (χ4n) is 1.52. The Bertz CT molecular complexity index is 808. The lowest BCUT2D eigenvalue weighted by molar-refractivity contribution is -0.148. The standard InChI is InChI=1S/C12H15BrN2O2.C5H4BrIN2/c1-12(2,3)17-10(16)5-4-8-6-9(13)7-15-11(8)14;6-3-1-4(7)5(8)9-2-3/h4-7H,1-3H3,(H2,14,15);1-2H,(H2,8,9)/b5-4+;. The summed E-state index contributed by atoms with van der Waals surface area (Å²) in [4.78, 5) is 19.3. The van der Waals surface area contributed by atoms with E-state index in [-0.39, 0.29) is 0 Å². The zero-order valence-electron chi connectivity index (χ0n) is 14.5. The fourth-order valence-corrected chi connectivity index (χ4v) is 3.10. The van der Waals surface area contributed by atoms with Gasteiger partial charge in [-0.15, -0.1) is 0 Å². The third kappa shape index (κ3) is 8.95. The van der Waals surface area contributed by atoms with E-state index in [1.807, 2.05) is 26.8 Å². The molecule has 0 aliphatic rings. The molecule has 0 radical (unpaired) electrons. The molecule has 2 rings (SSSR count). The van der Waals surface area contributed by atoms with Crippen molar-refractivity contribution in [3.8, 4) is 0 Å². The number of hydrogen-bond donors (Lipinski definition) is 2. The van der Waals surface area contributed by atoms with E-state index >= 15 is 0 Å². The molecule has 0 bridgehead atoms. The number of halogens is 3. The largest absolute Gasteiger partial charge is 0.457 e. The second kappa shape index (κ2) is 10.2. The van der Waals surface area contributed by atoms with Gasteiger partial charge in [0.2, 0.25) is 0 Å². The van der Waals surface area contributed by atoms with E-state index in [1.165, 1.54) is 6.08 Å². The first kappa shape index (κ1) is 22.8. The SMILES string of the molecule is CC(C)(C)OC(=O)/C=C/c1cc(Br)cnc1N.Nc1ncc(Br)cc1I. The molecule has 6 nitrogen and oxygen atoms in total. The molecule has 0 saturated heterocycles. The zero-order valence-corrected chi connectivity index (χ0v) is 19.8. The summed E-state index contributed by atoms with van der Waals surface area (Å²) in [7, 11) is 0. The molecule has 2 aromatic heterocycles. The average Bonchev–Trinajstić information content (AvgIpc) is 2.51. The lowest BCUT2D eigenvalue weighted by Gasteiger charge is -2.17.